The van der Waals surface area contributed by atoms with Gasteiger partial charge in [0, 0.05) is 19.8 Å². The summed E-state index contributed by atoms with van der Waals surface area (Å²) in [6.07, 6.45) is 3.53. The second-order valence-corrected chi connectivity index (χ2v) is 3.27. The Balaban J connectivity index is 2.50. The molecule has 0 heterocycles. The normalized spacial score (nSPS) is 11.8. The van der Waals surface area contributed by atoms with Gasteiger partial charge in [0.15, 0.2) is 5.76 Å². The van der Waals surface area contributed by atoms with Crippen LogP contribution in [0.25, 0.3) is 0 Å². The Morgan fingerprint density at radius 3 is 2.75 bits per heavy atom. The van der Waals surface area contributed by atoms with Gasteiger partial charge >= 0.3 is 0 Å². The fraction of sp³-hybridized carbons (Fsp3) is 0.308. The maximum atomic E-state index is 5.62. The average molecular weight is 218 g/mol. The summed E-state index contributed by atoms with van der Waals surface area (Å²) < 4.78 is 5.62. The zero-order valence-electron chi connectivity index (χ0n) is 9.81. The van der Waals surface area contributed by atoms with Crippen LogP contribution in [0, 0.1) is 0 Å². The lowest BCUT2D eigenvalue weighted by Crippen LogP contribution is -2.06. The Hall–Kier alpha value is -1.77. The molecule has 0 amide bonds. The standard InChI is InChI=1S/C13H18N2O/c1-3-15-10-13(9-14-2)16-11-12-7-5-4-6-8-12/h4-10,15H,3,11H2,1-2H3. The number of nitrogens with one attached hydrogen (secondary N) is 1. The van der Waals surface area contributed by atoms with Gasteiger partial charge in [-0.1, -0.05) is 30.3 Å². The van der Waals surface area contributed by atoms with Gasteiger partial charge in [-0.2, -0.15) is 0 Å². The van der Waals surface area contributed by atoms with E-state index in [2.05, 4.69) is 10.3 Å². The van der Waals surface area contributed by atoms with Crippen LogP contribution in [-0.4, -0.2) is 19.8 Å². The van der Waals surface area contributed by atoms with E-state index in [9.17, 15) is 0 Å². The highest BCUT2D eigenvalue weighted by atomic mass is 16.5. The molecule has 0 saturated carbocycles. The highest BCUT2D eigenvalue weighted by Gasteiger charge is 1.95. The van der Waals surface area contributed by atoms with Crippen LogP contribution in [0.4, 0.5) is 0 Å². The predicted octanol–water partition coefficient (Wildman–Crippen LogP) is 2.35. The van der Waals surface area contributed by atoms with Gasteiger partial charge in [0.2, 0.25) is 0 Å². The molecule has 86 valence electrons. The van der Waals surface area contributed by atoms with Crippen molar-refractivity contribution in [3.63, 3.8) is 0 Å². The fourth-order valence-electron chi connectivity index (χ4n) is 1.19. The van der Waals surface area contributed by atoms with E-state index in [0.717, 1.165) is 17.9 Å². The van der Waals surface area contributed by atoms with E-state index in [1.165, 1.54) is 0 Å². The molecule has 0 bridgehead atoms. The molecule has 0 aliphatic rings. The molecule has 0 radical (unpaired) electrons. The van der Waals surface area contributed by atoms with Crippen molar-refractivity contribution >= 4 is 6.21 Å². The summed E-state index contributed by atoms with van der Waals surface area (Å²) in [5.74, 6) is 0.744. The summed E-state index contributed by atoms with van der Waals surface area (Å²) in [6, 6.07) is 10.1. The molecule has 1 rings (SSSR count). The van der Waals surface area contributed by atoms with Crippen molar-refractivity contribution in [1.82, 2.24) is 5.32 Å². The number of allylic oxidation sites excluding steroid dienone is 1. The Labute approximate surface area is 96.9 Å². The van der Waals surface area contributed by atoms with Crippen molar-refractivity contribution in [2.24, 2.45) is 4.99 Å². The summed E-state index contributed by atoms with van der Waals surface area (Å²) in [5.41, 5.74) is 1.15. The van der Waals surface area contributed by atoms with E-state index in [1.54, 1.807) is 13.3 Å². The Bertz CT molecular complexity index is 344. The second-order valence-electron chi connectivity index (χ2n) is 3.27. The molecular formula is C13H18N2O. The van der Waals surface area contributed by atoms with E-state index in [1.807, 2.05) is 43.5 Å². The molecule has 1 aromatic rings. The zero-order chi connectivity index (χ0) is 11.6. The molecule has 0 aliphatic heterocycles. The topological polar surface area (TPSA) is 33.6 Å². The van der Waals surface area contributed by atoms with Crippen LogP contribution in [0.5, 0.6) is 0 Å². The second kappa shape index (κ2) is 7.51. The number of hydrogen-bond acceptors (Lipinski definition) is 3. The van der Waals surface area contributed by atoms with E-state index in [-0.39, 0.29) is 0 Å². The van der Waals surface area contributed by atoms with Crippen LogP contribution >= 0.6 is 0 Å². The number of rotatable bonds is 6. The zero-order valence-corrected chi connectivity index (χ0v) is 9.81. The highest BCUT2D eigenvalue weighted by molar-refractivity contribution is 5.75. The van der Waals surface area contributed by atoms with Gasteiger partial charge in [-0.3, -0.25) is 4.99 Å². The summed E-state index contributed by atoms with van der Waals surface area (Å²) in [6.45, 7) is 3.47. The summed E-state index contributed by atoms with van der Waals surface area (Å²) in [5, 5.41) is 3.09. The smallest absolute Gasteiger partial charge is 0.153 e. The quantitative estimate of drug-likeness (QED) is 0.587. The summed E-state index contributed by atoms with van der Waals surface area (Å²) in [7, 11) is 1.73. The number of benzene rings is 1. The van der Waals surface area contributed by atoms with Gasteiger partial charge in [-0.15, -0.1) is 0 Å². The van der Waals surface area contributed by atoms with Crippen LogP contribution in [0.1, 0.15) is 12.5 Å². The van der Waals surface area contributed by atoms with Gasteiger partial charge < -0.3 is 10.1 Å². The maximum Gasteiger partial charge on any atom is 0.153 e. The van der Waals surface area contributed by atoms with E-state index in [0.29, 0.717) is 6.61 Å². The summed E-state index contributed by atoms with van der Waals surface area (Å²) in [4.78, 5) is 3.94. The van der Waals surface area contributed by atoms with E-state index < -0.39 is 0 Å². The SMILES string of the molecule is CCNC=C(C=NC)OCc1ccccc1. The monoisotopic (exact) mass is 218 g/mol. The fourth-order valence-corrected chi connectivity index (χ4v) is 1.19. The van der Waals surface area contributed by atoms with Gasteiger partial charge in [0.1, 0.15) is 6.61 Å². The minimum Gasteiger partial charge on any atom is -0.486 e. The first-order chi connectivity index (χ1) is 7.86. The highest BCUT2D eigenvalue weighted by Crippen LogP contribution is 2.03. The minimum atomic E-state index is 0.560. The third-order valence-corrected chi connectivity index (χ3v) is 1.95. The minimum absolute atomic E-state index is 0.560. The number of ether oxygens (including phenoxy) is 1. The number of aliphatic imine (C=N–C) groups is 1. The van der Waals surface area contributed by atoms with E-state index >= 15 is 0 Å². The average Bonchev–Trinajstić information content (AvgIpc) is 2.34. The lowest BCUT2D eigenvalue weighted by molar-refractivity contribution is 0.217. The first-order valence-corrected chi connectivity index (χ1v) is 5.39. The van der Waals surface area contributed by atoms with Crippen molar-refractivity contribution in [2.45, 2.75) is 13.5 Å². The third kappa shape index (κ3) is 4.64. The third-order valence-electron chi connectivity index (χ3n) is 1.95. The van der Waals surface area contributed by atoms with Crippen LogP contribution in [0.15, 0.2) is 47.3 Å². The molecule has 3 heteroatoms. The molecular weight excluding hydrogens is 200 g/mol. The van der Waals surface area contributed by atoms with Gasteiger partial charge in [-0.05, 0) is 12.5 Å². The molecule has 0 atom stereocenters. The first-order valence-electron chi connectivity index (χ1n) is 5.39. The number of nitrogens with zero attached hydrogens (tertiary/aromatic N) is 1. The van der Waals surface area contributed by atoms with Gasteiger partial charge in [0.25, 0.3) is 0 Å². The maximum absolute atomic E-state index is 5.62. The van der Waals surface area contributed by atoms with Crippen molar-refractivity contribution in [1.29, 1.82) is 0 Å². The Morgan fingerprint density at radius 1 is 1.38 bits per heavy atom. The predicted molar refractivity (Wildman–Crippen MR) is 67.4 cm³/mol. The van der Waals surface area contributed by atoms with Crippen LogP contribution < -0.4 is 5.32 Å². The first kappa shape index (κ1) is 12.3. The van der Waals surface area contributed by atoms with Crippen LogP contribution in [-0.2, 0) is 11.3 Å². The largest absolute Gasteiger partial charge is 0.486 e. The number of hydrogen-bond donors (Lipinski definition) is 1. The molecule has 0 unspecified atom stereocenters. The molecule has 1 aromatic carbocycles. The Kier molecular flexibility index (Phi) is 5.78. The summed E-state index contributed by atoms with van der Waals surface area (Å²) >= 11 is 0. The van der Waals surface area contributed by atoms with Gasteiger partial charge in [0.05, 0.1) is 6.21 Å². The van der Waals surface area contributed by atoms with Crippen molar-refractivity contribution < 1.29 is 4.74 Å². The lowest BCUT2D eigenvalue weighted by Gasteiger charge is -2.06. The van der Waals surface area contributed by atoms with Crippen molar-refractivity contribution in [2.75, 3.05) is 13.6 Å². The molecule has 16 heavy (non-hydrogen) atoms. The van der Waals surface area contributed by atoms with E-state index in [4.69, 9.17) is 4.74 Å². The Morgan fingerprint density at radius 2 is 2.12 bits per heavy atom. The van der Waals surface area contributed by atoms with Gasteiger partial charge in [-0.25, -0.2) is 0 Å². The van der Waals surface area contributed by atoms with Crippen molar-refractivity contribution in [3.05, 3.63) is 47.9 Å². The molecule has 0 aliphatic carbocycles. The molecule has 0 saturated heterocycles. The van der Waals surface area contributed by atoms with Crippen molar-refractivity contribution in [3.8, 4) is 0 Å². The molecule has 0 spiro atoms. The molecule has 0 fully saturated rings. The lowest BCUT2D eigenvalue weighted by atomic mass is 10.2. The molecule has 0 aromatic heterocycles. The van der Waals surface area contributed by atoms with Crippen LogP contribution in [0.3, 0.4) is 0 Å². The molecule has 3 nitrogen and oxygen atoms in total. The van der Waals surface area contributed by atoms with Crippen LogP contribution in [0.2, 0.25) is 0 Å². The molecule has 1 N–H and O–H groups in total.